The molecule has 2 aromatic rings. The monoisotopic (exact) mass is 228 g/mol. The second kappa shape index (κ2) is 4.38. The standard InChI is InChI=1S/C15H20N2/c1-15(2,16)11-17(3)14-10-6-8-12-7-4-5-9-13(12)14/h4-10H,11,16H2,1-3H3. The van der Waals surface area contributed by atoms with Crippen molar-refractivity contribution in [2.24, 2.45) is 5.73 Å². The summed E-state index contributed by atoms with van der Waals surface area (Å²) in [5, 5.41) is 2.55. The van der Waals surface area contributed by atoms with Crippen molar-refractivity contribution in [2.45, 2.75) is 19.4 Å². The van der Waals surface area contributed by atoms with Gasteiger partial charge in [0.25, 0.3) is 0 Å². The molecule has 0 amide bonds. The van der Waals surface area contributed by atoms with Gasteiger partial charge in [-0.1, -0.05) is 36.4 Å². The zero-order chi connectivity index (χ0) is 12.5. The molecular weight excluding hydrogens is 208 g/mol. The second-order valence-electron chi connectivity index (χ2n) is 5.34. The highest BCUT2D eigenvalue weighted by Gasteiger charge is 2.15. The van der Waals surface area contributed by atoms with Crippen LogP contribution < -0.4 is 10.6 Å². The molecule has 0 radical (unpaired) electrons. The molecule has 0 spiro atoms. The lowest BCUT2D eigenvalue weighted by Crippen LogP contribution is -2.44. The molecule has 0 fully saturated rings. The summed E-state index contributed by atoms with van der Waals surface area (Å²) in [6, 6.07) is 14.8. The summed E-state index contributed by atoms with van der Waals surface area (Å²) >= 11 is 0. The van der Waals surface area contributed by atoms with Crippen molar-refractivity contribution in [1.82, 2.24) is 0 Å². The zero-order valence-corrected chi connectivity index (χ0v) is 10.8. The van der Waals surface area contributed by atoms with E-state index in [1.807, 2.05) is 0 Å². The summed E-state index contributed by atoms with van der Waals surface area (Å²) in [4.78, 5) is 2.22. The lowest BCUT2D eigenvalue weighted by atomic mass is 10.0. The number of nitrogens with two attached hydrogens (primary N) is 1. The van der Waals surface area contributed by atoms with Gasteiger partial charge in [-0.15, -0.1) is 0 Å². The number of nitrogens with zero attached hydrogens (tertiary/aromatic N) is 1. The molecule has 0 aromatic heterocycles. The highest BCUT2D eigenvalue weighted by Crippen LogP contribution is 2.26. The highest BCUT2D eigenvalue weighted by atomic mass is 15.1. The summed E-state index contributed by atoms with van der Waals surface area (Å²) in [7, 11) is 2.09. The summed E-state index contributed by atoms with van der Waals surface area (Å²) in [6.07, 6.45) is 0. The minimum absolute atomic E-state index is 0.189. The van der Waals surface area contributed by atoms with Crippen LogP contribution >= 0.6 is 0 Å². The topological polar surface area (TPSA) is 29.3 Å². The number of benzene rings is 2. The number of rotatable bonds is 3. The fourth-order valence-electron chi connectivity index (χ4n) is 2.24. The molecule has 0 unspecified atom stereocenters. The predicted octanol–water partition coefficient (Wildman–Crippen LogP) is 3.01. The van der Waals surface area contributed by atoms with E-state index in [4.69, 9.17) is 5.73 Å². The van der Waals surface area contributed by atoms with Gasteiger partial charge in [-0.25, -0.2) is 0 Å². The second-order valence-corrected chi connectivity index (χ2v) is 5.34. The van der Waals surface area contributed by atoms with E-state index in [1.54, 1.807) is 0 Å². The minimum Gasteiger partial charge on any atom is -0.372 e. The lowest BCUT2D eigenvalue weighted by Gasteiger charge is -2.29. The molecular formula is C15H20N2. The first-order chi connectivity index (χ1) is 7.97. The summed E-state index contributed by atoms with van der Waals surface area (Å²) in [6.45, 7) is 4.93. The van der Waals surface area contributed by atoms with Crippen LogP contribution in [0, 0.1) is 0 Å². The van der Waals surface area contributed by atoms with Crippen molar-refractivity contribution in [2.75, 3.05) is 18.5 Å². The maximum absolute atomic E-state index is 6.08. The van der Waals surface area contributed by atoms with Crippen LogP contribution in [0.5, 0.6) is 0 Å². The van der Waals surface area contributed by atoms with E-state index in [2.05, 4.69) is 68.3 Å². The van der Waals surface area contributed by atoms with Crippen molar-refractivity contribution in [3.63, 3.8) is 0 Å². The van der Waals surface area contributed by atoms with E-state index in [-0.39, 0.29) is 5.54 Å². The first-order valence-electron chi connectivity index (χ1n) is 5.95. The third kappa shape index (κ3) is 2.77. The number of hydrogen-bond acceptors (Lipinski definition) is 2. The van der Waals surface area contributed by atoms with E-state index in [0.29, 0.717) is 0 Å². The molecule has 0 saturated heterocycles. The maximum atomic E-state index is 6.08. The quantitative estimate of drug-likeness (QED) is 0.875. The fourth-order valence-corrected chi connectivity index (χ4v) is 2.24. The molecule has 0 heterocycles. The largest absolute Gasteiger partial charge is 0.372 e. The van der Waals surface area contributed by atoms with Gasteiger partial charge in [-0.3, -0.25) is 0 Å². The molecule has 0 aliphatic rings. The predicted molar refractivity (Wildman–Crippen MR) is 75.5 cm³/mol. The van der Waals surface area contributed by atoms with Gasteiger partial charge in [0, 0.05) is 30.2 Å². The van der Waals surface area contributed by atoms with Crippen molar-refractivity contribution in [3.8, 4) is 0 Å². The number of hydrogen-bond donors (Lipinski definition) is 1. The third-order valence-electron chi connectivity index (χ3n) is 2.82. The minimum atomic E-state index is -0.189. The Hall–Kier alpha value is -1.54. The average molecular weight is 228 g/mol. The van der Waals surface area contributed by atoms with E-state index < -0.39 is 0 Å². The smallest absolute Gasteiger partial charge is 0.0443 e. The van der Waals surface area contributed by atoms with E-state index in [9.17, 15) is 0 Å². The Morgan fingerprint density at radius 2 is 1.71 bits per heavy atom. The Kier molecular flexibility index (Phi) is 3.07. The average Bonchev–Trinajstić information content (AvgIpc) is 2.26. The van der Waals surface area contributed by atoms with Crippen molar-refractivity contribution in [1.29, 1.82) is 0 Å². The normalized spacial score (nSPS) is 11.8. The van der Waals surface area contributed by atoms with Crippen molar-refractivity contribution < 1.29 is 0 Å². The lowest BCUT2D eigenvalue weighted by molar-refractivity contribution is 0.519. The molecule has 0 aliphatic carbocycles. The molecule has 2 N–H and O–H groups in total. The van der Waals surface area contributed by atoms with Crippen molar-refractivity contribution in [3.05, 3.63) is 42.5 Å². The van der Waals surface area contributed by atoms with Gasteiger partial charge >= 0.3 is 0 Å². The maximum Gasteiger partial charge on any atom is 0.0443 e. The van der Waals surface area contributed by atoms with Gasteiger partial charge in [0.05, 0.1) is 0 Å². The molecule has 17 heavy (non-hydrogen) atoms. The Bertz CT molecular complexity index is 506. The van der Waals surface area contributed by atoms with Gasteiger partial charge in [-0.2, -0.15) is 0 Å². The van der Waals surface area contributed by atoms with E-state index in [0.717, 1.165) is 6.54 Å². The van der Waals surface area contributed by atoms with Crippen LogP contribution in [0.3, 0.4) is 0 Å². The first-order valence-corrected chi connectivity index (χ1v) is 5.95. The van der Waals surface area contributed by atoms with Crippen LogP contribution in [0.15, 0.2) is 42.5 Å². The molecule has 2 heteroatoms. The number of anilines is 1. The van der Waals surface area contributed by atoms with Crippen LogP contribution in [0.2, 0.25) is 0 Å². The molecule has 2 nitrogen and oxygen atoms in total. The number of likely N-dealkylation sites (N-methyl/N-ethyl adjacent to an activating group) is 1. The number of fused-ring (bicyclic) bond motifs is 1. The van der Waals surface area contributed by atoms with Crippen LogP contribution in [-0.4, -0.2) is 19.1 Å². The molecule has 0 bridgehead atoms. The first kappa shape index (κ1) is 11.9. The highest BCUT2D eigenvalue weighted by molar-refractivity contribution is 5.94. The Morgan fingerprint density at radius 3 is 2.41 bits per heavy atom. The fraction of sp³-hybridized carbons (Fsp3) is 0.333. The Balaban J connectivity index is 2.41. The SMILES string of the molecule is CN(CC(C)(C)N)c1cccc2ccccc12. The molecule has 2 aromatic carbocycles. The molecule has 90 valence electrons. The van der Waals surface area contributed by atoms with Gasteiger partial charge in [-0.05, 0) is 25.3 Å². The van der Waals surface area contributed by atoms with Crippen LogP contribution in [0.25, 0.3) is 10.8 Å². The van der Waals surface area contributed by atoms with Gasteiger partial charge < -0.3 is 10.6 Å². The Labute approximate surface area is 103 Å². The van der Waals surface area contributed by atoms with Crippen LogP contribution in [0.4, 0.5) is 5.69 Å². The zero-order valence-electron chi connectivity index (χ0n) is 10.8. The summed E-state index contributed by atoms with van der Waals surface area (Å²) < 4.78 is 0. The third-order valence-corrected chi connectivity index (χ3v) is 2.82. The molecule has 2 rings (SSSR count). The van der Waals surface area contributed by atoms with Crippen LogP contribution in [-0.2, 0) is 0 Å². The van der Waals surface area contributed by atoms with Gasteiger partial charge in [0.1, 0.15) is 0 Å². The van der Waals surface area contributed by atoms with Gasteiger partial charge in [0.2, 0.25) is 0 Å². The summed E-state index contributed by atoms with van der Waals surface area (Å²) in [5.41, 5.74) is 7.12. The van der Waals surface area contributed by atoms with E-state index >= 15 is 0 Å². The molecule has 0 atom stereocenters. The Morgan fingerprint density at radius 1 is 1.06 bits per heavy atom. The summed E-state index contributed by atoms with van der Waals surface area (Å²) in [5.74, 6) is 0. The molecule has 0 saturated carbocycles. The van der Waals surface area contributed by atoms with Crippen LogP contribution in [0.1, 0.15) is 13.8 Å². The molecule has 0 aliphatic heterocycles. The van der Waals surface area contributed by atoms with E-state index in [1.165, 1.54) is 16.5 Å². The van der Waals surface area contributed by atoms with Crippen molar-refractivity contribution >= 4 is 16.5 Å². The van der Waals surface area contributed by atoms with Gasteiger partial charge in [0.15, 0.2) is 0 Å².